The predicted octanol–water partition coefficient (Wildman–Crippen LogP) is 4.43. The zero-order chi connectivity index (χ0) is 20.4. The molecule has 0 saturated carbocycles. The first-order chi connectivity index (χ1) is 13.9. The molecule has 150 valence electrons. The van der Waals surface area contributed by atoms with Crippen molar-refractivity contribution in [1.82, 2.24) is 15.4 Å². The van der Waals surface area contributed by atoms with Crippen LogP contribution in [0.15, 0.2) is 48.7 Å². The standard InChI is InChI=1S/C18H14F4N6O/c19-14-9-23-17(26-12-4-5-15-10(6-12)8-24-28-15)27-16(14)25-11-2-1-3-13(7-11)29-18(20,21)22/h1-7,9,24,28H,8H2,(H2,23,25,26,27). The first-order valence-electron chi connectivity index (χ1n) is 8.40. The Balaban J connectivity index is 1.52. The van der Waals surface area contributed by atoms with Gasteiger partial charge in [-0.3, -0.25) is 0 Å². The van der Waals surface area contributed by atoms with Gasteiger partial charge in [0.2, 0.25) is 5.95 Å². The number of benzene rings is 2. The second-order valence-corrected chi connectivity index (χ2v) is 6.07. The molecule has 2 aromatic carbocycles. The fourth-order valence-corrected chi connectivity index (χ4v) is 2.73. The minimum atomic E-state index is -4.82. The lowest BCUT2D eigenvalue weighted by Gasteiger charge is -2.12. The zero-order valence-electron chi connectivity index (χ0n) is 14.6. The van der Waals surface area contributed by atoms with Gasteiger partial charge in [-0.1, -0.05) is 6.07 Å². The van der Waals surface area contributed by atoms with E-state index in [2.05, 4.69) is 36.2 Å². The zero-order valence-corrected chi connectivity index (χ0v) is 14.6. The van der Waals surface area contributed by atoms with Crippen molar-refractivity contribution in [3.8, 4) is 5.75 Å². The molecular formula is C18H14F4N6O. The van der Waals surface area contributed by atoms with E-state index in [1.807, 2.05) is 12.1 Å². The summed E-state index contributed by atoms with van der Waals surface area (Å²) in [6.07, 6.45) is -3.86. The number of rotatable bonds is 5. The number of alkyl halides is 3. The highest BCUT2D eigenvalue weighted by Gasteiger charge is 2.31. The van der Waals surface area contributed by atoms with Gasteiger partial charge < -0.3 is 20.8 Å². The van der Waals surface area contributed by atoms with Crippen molar-refractivity contribution in [2.75, 3.05) is 16.1 Å². The summed E-state index contributed by atoms with van der Waals surface area (Å²) >= 11 is 0. The molecule has 0 fully saturated rings. The maximum Gasteiger partial charge on any atom is 0.573 e. The topological polar surface area (TPSA) is 83.1 Å². The van der Waals surface area contributed by atoms with Crippen molar-refractivity contribution in [2.24, 2.45) is 0 Å². The average Bonchev–Trinajstić information content (AvgIpc) is 3.11. The SMILES string of the molecule is Fc1cnc(Nc2ccc3c(c2)CNN3)nc1Nc1cccc(OC(F)(F)F)c1. The van der Waals surface area contributed by atoms with Gasteiger partial charge in [0, 0.05) is 24.0 Å². The second kappa shape index (κ2) is 7.43. The number of nitrogens with zero attached hydrogens (tertiary/aromatic N) is 2. The molecule has 0 saturated heterocycles. The molecule has 1 aliphatic rings. The van der Waals surface area contributed by atoms with Crippen LogP contribution in [0.4, 0.5) is 46.4 Å². The fourth-order valence-electron chi connectivity index (χ4n) is 2.73. The van der Waals surface area contributed by atoms with E-state index in [9.17, 15) is 17.6 Å². The molecule has 2 heterocycles. The Morgan fingerprint density at radius 1 is 1.03 bits per heavy atom. The number of nitrogens with one attached hydrogen (secondary N) is 4. The van der Waals surface area contributed by atoms with Crippen molar-refractivity contribution < 1.29 is 22.3 Å². The summed E-state index contributed by atoms with van der Waals surface area (Å²) in [6, 6.07) is 10.6. The maximum atomic E-state index is 14.1. The van der Waals surface area contributed by atoms with Crippen LogP contribution >= 0.6 is 0 Å². The highest BCUT2D eigenvalue weighted by molar-refractivity contribution is 5.65. The van der Waals surface area contributed by atoms with Crippen LogP contribution in [0.2, 0.25) is 0 Å². The van der Waals surface area contributed by atoms with Gasteiger partial charge in [-0.15, -0.1) is 13.2 Å². The van der Waals surface area contributed by atoms with E-state index in [0.717, 1.165) is 29.6 Å². The summed E-state index contributed by atoms with van der Waals surface area (Å²) in [5.74, 6) is -1.28. The molecule has 0 aliphatic carbocycles. The van der Waals surface area contributed by atoms with Crippen molar-refractivity contribution in [3.63, 3.8) is 0 Å². The normalized spacial score (nSPS) is 12.8. The summed E-state index contributed by atoms with van der Waals surface area (Å²) in [6.45, 7) is 0.651. The first-order valence-corrected chi connectivity index (χ1v) is 8.40. The van der Waals surface area contributed by atoms with Crippen LogP contribution in [-0.4, -0.2) is 16.3 Å². The summed E-state index contributed by atoms with van der Waals surface area (Å²) in [4.78, 5) is 7.95. The summed E-state index contributed by atoms with van der Waals surface area (Å²) < 4.78 is 55.1. The minimum absolute atomic E-state index is 0.121. The van der Waals surface area contributed by atoms with Gasteiger partial charge in [-0.2, -0.15) is 4.98 Å². The molecule has 29 heavy (non-hydrogen) atoms. The van der Waals surface area contributed by atoms with Crippen LogP contribution in [0.3, 0.4) is 0 Å². The highest BCUT2D eigenvalue weighted by Crippen LogP contribution is 2.28. The van der Waals surface area contributed by atoms with E-state index in [4.69, 9.17) is 0 Å². The molecule has 1 aromatic heterocycles. The monoisotopic (exact) mass is 406 g/mol. The minimum Gasteiger partial charge on any atom is -0.406 e. The molecule has 0 amide bonds. The van der Waals surface area contributed by atoms with Gasteiger partial charge in [0.25, 0.3) is 0 Å². The molecule has 0 atom stereocenters. The predicted molar refractivity (Wildman–Crippen MR) is 98.6 cm³/mol. The summed E-state index contributed by atoms with van der Waals surface area (Å²) in [5, 5.41) is 5.60. The van der Waals surface area contributed by atoms with Crippen LogP contribution in [0.25, 0.3) is 0 Å². The molecule has 4 N–H and O–H groups in total. The maximum absolute atomic E-state index is 14.1. The molecule has 11 heteroatoms. The fraction of sp³-hybridized carbons (Fsp3) is 0.111. The number of hydrazine groups is 1. The van der Waals surface area contributed by atoms with E-state index in [-0.39, 0.29) is 17.5 Å². The Kier molecular flexibility index (Phi) is 4.80. The molecule has 0 bridgehead atoms. The third kappa shape index (κ3) is 4.63. The van der Waals surface area contributed by atoms with Crippen molar-refractivity contribution in [2.45, 2.75) is 12.9 Å². The van der Waals surface area contributed by atoms with Gasteiger partial charge in [0.05, 0.1) is 11.9 Å². The van der Waals surface area contributed by atoms with Crippen LogP contribution in [0, 0.1) is 5.82 Å². The van der Waals surface area contributed by atoms with E-state index in [1.165, 1.54) is 12.1 Å². The largest absolute Gasteiger partial charge is 0.573 e. The number of anilines is 5. The van der Waals surface area contributed by atoms with Crippen LogP contribution in [0.1, 0.15) is 5.56 Å². The number of fused-ring (bicyclic) bond motifs is 1. The lowest BCUT2D eigenvalue weighted by Crippen LogP contribution is -2.17. The van der Waals surface area contributed by atoms with E-state index in [1.54, 1.807) is 6.07 Å². The molecular weight excluding hydrogens is 392 g/mol. The quantitative estimate of drug-likeness (QED) is 0.467. The van der Waals surface area contributed by atoms with Gasteiger partial charge in [0.1, 0.15) is 5.75 Å². The van der Waals surface area contributed by atoms with Gasteiger partial charge in [-0.25, -0.2) is 14.8 Å². The van der Waals surface area contributed by atoms with E-state index >= 15 is 0 Å². The number of ether oxygens (including phenoxy) is 1. The van der Waals surface area contributed by atoms with Gasteiger partial charge in [0.15, 0.2) is 11.6 Å². The van der Waals surface area contributed by atoms with Crippen LogP contribution in [-0.2, 0) is 6.54 Å². The second-order valence-electron chi connectivity index (χ2n) is 6.07. The van der Waals surface area contributed by atoms with Crippen LogP contribution in [0.5, 0.6) is 5.75 Å². The molecule has 0 unspecified atom stereocenters. The lowest BCUT2D eigenvalue weighted by molar-refractivity contribution is -0.274. The highest BCUT2D eigenvalue weighted by atomic mass is 19.4. The molecule has 0 spiro atoms. The third-order valence-corrected chi connectivity index (χ3v) is 3.94. The lowest BCUT2D eigenvalue weighted by atomic mass is 10.2. The molecule has 7 nitrogen and oxygen atoms in total. The third-order valence-electron chi connectivity index (χ3n) is 3.94. The molecule has 4 rings (SSSR count). The Bertz CT molecular complexity index is 1040. The Morgan fingerprint density at radius 2 is 1.86 bits per heavy atom. The van der Waals surface area contributed by atoms with Crippen molar-refractivity contribution in [1.29, 1.82) is 0 Å². The smallest absolute Gasteiger partial charge is 0.406 e. The molecule has 1 aliphatic heterocycles. The van der Waals surface area contributed by atoms with Crippen LogP contribution < -0.4 is 26.2 Å². The Labute approximate surface area is 162 Å². The number of hydrogen-bond donors (Lipinski definition) is 4. The van der Waals surface area contributed by atoms with E-state index < -0.39 is 17.9 Å². The first kappa shape index (κ1) is 18.7. The summed E-state index contributed by atoms with van der Waals surface area (Å²) in [5.41, 5.74) is 8.87. The Hall–Kier alpha value is -3.60. The van der Waals surface area contributed by atoms with Crippen molar-refractivity contribution in [3.05, 3.63) is 60.0 Å². The Morgan fingerprint density at radius 3 is 2.69 bits per heavy atom. The number of hydrogen-bond acceptors (Lipinski definition) is 7. The number of halogens is 4. The molecule has 3 aromatic rings. The average molecular weight is 406 g/mol. The summed E-state index contributed by atoms with van der Waals surface area (Å²) in [7, 11) is 0. The molecule has 0 radical (unpaired) electrons. The van der Waals surface area contributed by atoms with Gasteiger partial charge in [-0.05, 0) is 35.9 Å². The van der Waals surface area contributed by atoms with Gasteiger partial charge >= 0.3 is 6.36 Å². The van der Waals surface area contributed by atoms with Crippen molar-refractivity contribution >= 4 is 28.8 Å². The van der Waals surface area contributed by atoms with E-state index in [0.29, 0.717) is 12.2 Å². The number of aromatic nitrogens is 2.